The molecular formula is C10H9ClN8O. The molecule has 0 aliphatic heterocycles. The molecule has 3 rings (SSSR count). The minimum absolute atomic E-state index is 0.00319. The van der Waals surface area contributed by atoms with Crippen LogP contribution < -0.4 is 11.1 Å². The molecule has 3 aromatic heterocycles. The molecule has 0 aromatic carbocycles. The molecule has 9 nitrogen and oxygen atoms in total. The number of H-pyrrole nitrogens is 1. The summed E-state index contributed by atoms with van der Waals surface area (Å²) in [5.41, 5.74) is 6.89. The van der Waals surface area contributed by atoms with Gasteiger partial charge in [0.25, 0.3) is 0 Å². The molecule has 0 bridgehead atoms. The van der Waals surface area contributed by atoms with Gasteiger partial charge in [-0.3, -0.25) is 14.8 Å². The third-order valence-corrected chi connectivity index (χ3v) is 2.73. The number of hydrogen-bond acceptors (Lipinski definition) is 6. The van der Waals surface area contributed by atoms with Crippen molar-refractivity contribution < 1.29 is 4.79 Å². The van der Waals surface area contributed by atoms with Gasteiger partial charge in [-0.25, -0.2) is 4.98 Å². The standard InChI is InChI=1S/C10H9ClN8O/c11-8-7-9(14-4-13-7)18-10(17-8)16-6(20)3-19-2-5(12)1-15-19/h1-2,4H,3,12H2,(H2,13,14,16,17,18,20). The highest BCUT2D eigenvalue weighted by Crippen LogP contribution is 2.18. The first-order valence-corrected chi connectivity index (χ1v) is 5.94. The summed E-state index contributed by atoms with van der Waals surface area (Å²) in [5, 5.41) is 6.61. The Morgan fingerprint density at radius 2 is 2.35 bits per heavy atom. The summed E-state index contributed by atoms with van der Waals surface area (Å²) in [7, 11) is 0. The number of imidazole rings is 1. The van der Waals surface area contributed by atoms with Crippen LogP contribution in [0.15, 0.2) is 18.7 Å². The van der Waals surface area contributed by atoms with Crippen LogP contribution in [0.25, 0.3) is 11.2 Å². The summed E-state index contributed by atoms with van der Waals surface area (Å²) in [5.74, 6) is -0.265. The molecule has 0 aliphatic carbocycles. The Hall–Kier alpha value is -2.68. The summed E-state index contributed by atoms with van der Waals surface area (Å²) >= 11 is 5.94. The molecule has 3 heterocycles. The van der Waals surface area contributed by atoms with Gasteiger partial charge in [-0.2, -0.15) is 15.1 Å². The number of rotatable bonds is 3. The Morgan fingerprint density at radius 1 is 1.50 bits per heavy atom. The van der Waals surface area contributed by atoms with E-state index >= 15 is 0 Å². The van der Waals surface area contributed by atoms with E-state index in [0.29, 0.717) is 16.9 Å². The number of anilines is 2. The predicted molar refractivity (Wildman–Crippen MR) is 72.0 cm³/mol. The predicted octanol–water partition coefficient (Wildman–Crippen LogP) is 0.424. The van der Waals surface area contributed by atoms with Gasteiger partial charge in [0.05, 0.1) is 18.2 Å². The van der Waals surface area contributed by atoms with Crippen LogP contribution in [-0.2, 0) is 11.3 Å². The number of fused-ring (bicyclic) bond motifs is 1. The van der Waals surface area contributed by atoms with Crippen molar-refractivity contribution in [3.8, 4) is 0 Å². The molecule has 20 heavy (non-hydrogen) atoms. The van der Waals surface area contributed by atoms with Gasteiger partial charge < -0.3 is 10.7 Å². The highest BCUT2D eigenvalue weighted by Gasteiger charge is 2.11. The number of carbonyl (C=O) groups is 1. The van der Waals surface area contributed by atoms with Gasteiger partial charge in [0, 0.05) is 6.20 Å². The van der Waals surface area contributed by atoms with E-state index in [0.717, 1.165) is 0 Å². The fraction of sp³-hybridized carbons (Fsp3) is 0.100. The number of nitrogens with zero attached hydrogens (tertiary/aromatic N) is 5. The normalized spacial score (nSPS) is 10.8. The minimum Gasteiger partial charge on any atom is -0.396 e. The molecule has 0 fully saturated rings. The fourth-order valence-electron chi connectivity index (χ4n) is 1.63. The largest absolute Gasteiger partial charge is 0.396 e. The van der Waals surface area contributed by atoms with Crippen LogP contribution in [0.4, 0.5) is 11.6 Å². The molecule has 102 valence electrons. The van der Waals surface area contributed by atoms with E-state index in [2.05, 4.69) is 30.4 Å². The quantitative estimate of drug-likeness (QED) is 0.600. The molecule has 0 aliphatic rings. The van der Waals surface area contributed by atoms with E-state index in [-0.39, 0.29) is 23.6 Å². The topological polar surface area (TPSA) is 127 Å². The monoisotopic (exact) mass is 292 g/mol. The molecule has 0 atom stereocenters. The minimum atomic E-state index is -0.348. The first-order chi connectivity index (χ1) is 9.61. The zero-order chi connectivity index (χ0) is 14.1. The molecule has 4 N–H and O–H groups in total. The Kier molecular flexibility index (Phi) is 2.95. The second-order valence-electron chi connectivity index (χ2n) is 3.96. The summed E-state index contributed by atoms with van der Waals surface area (Å²) in [4.78, 5) is 26.6. The van der Waals surface area contributed by atoms with Crippen LogP contribution in [-0.4, -0.2) is 35.6 Å². The van der Waals surface area contributed by atoms with Gasteiger partial charge >= 0.3 is 0 Å². The summed E-state index contributed by atoms with van der Waals surface area (Å²) < 4.78 is 1.40. The molecule has 0 spiro atoms. The first-order valence-electron chi connectivity index (χ1n) is 5.56. The number of amides is 1. The zero-order valence-corrected chi connectivity index (χ0v) is 10.8. The lowest BCUT2D eigenvalue weighted by Gasteiger charge is -2.04. The smallest absolute Gasteiger partial charge is 0.248 e. The van der Waals surface area contributed by atoms with Gasteiger partial charge in [-0.05, 0) is 0 Å². The molecular weight excluding hydrogens is 284 g/mol. The van der Waals surface area contributed by atoms with Crippen LogP contribution in [0.3, 0.4) is 0 Å². The number of aromatic amines is 1. The lowest BCUT2D eigenvalue weighted by Crippen LogP contribution is -2.20. The zero-order valence-electron chi connectivity index (χ0n) is 10.0. The van der Waals surface area contributed by atoms with E-state index in [1.807, 2.05) is 0 Å². The molecule has 0 saturated heterocycles. The van der Waals surface area contributed by atoms with E-state index in [1.54, 1.807) is 6.20 Å². The van der Waals surface area contributed by atoms with Crippen LogP contribution in [0.2, 0.25) is 5.15 Å². The van der Waals surface area contributed by atoms with Crippen molar-refractivity contribution in [3.63, 3.8) is 0 Å². The molecule has 1 amide bonds. The highest BCUT2D eigenvalue weighted by atomic mass is 35.5. The second-order valence-corrected chi connectivity index (χ2v) is 4.32. The Bertz CT molecular complexity index is 779. The number of nitrogens with one attached hydrogen (secondary N) is 2. The number of hydrogen-bond donors (Lipinski definition) is 3. The maximum Gasteiger partial charge on any atom is 0.248 e. The lowest BCUT2D eigenvalue weighted by atomic mass is 10.5. The molecule has 0 saturated carbocycles. The average Bonchev–Trinajstić information content (AvgIpc) is 2.98. The number of nitrogens with two attached hydrogens (primary N) is 1. The first kappa shape index (κ1) is 12.4. The number of carbonyl (C=O) groups excluding carboxylic acids is 1. The average molecular weight is 293 g/mol. The van der Waals surface area contributed by atoms with Gasteiger partial charge in [-0.1, -0.05) is 11.6 Å². The molecule has 3 aromatic rings. The van der Waals surface area contributed by atoms with E-state index < -0.39 is 0 Å². The Morgan fingerprint density at radius 3 is 3.10 bits per heavy atom. The third-order valence-electron chi connectivity index (χ3n) is 2.45. The maximum absolute atomic E-state index is 11.8. The van der Waals surface area contributed by atoms with Gasteiger partial charge in [0.15, 0.2) is 10.8 Å². The van der Waals surface area contributed by atoms with Crippen molar-refractivity contribution in [1.82, 2.24) is 29.7 Å². The van der Waals surface area contributed by atoms with E-state index in [1.165, 1.54) is 17.2 Å². The summed E-state index contributed by atoms with van der Waals surface area (Å²) in [6.45, 7) is -0.00319. The van der Waals surface area contributed by atoms with E-state index in [9.17, 15) is 4.79 Å². The van der Waals surface area contributed by atoms with Crippen LogP contribution in [0.5, 0.6) is 0 Å². The van der Waals surface area contributed by atoms with Crippen molar-refractivity contribution in [2.24, 2.45) is 0 Å². The van der Waals surface area contributed by atoms with Crippen molar-refractivity contribution in [3.05, 3.63) is 23.9 Å². The number of halogens is 1. The Labute approximate surface area is 117 Å². The maximum atomic E-state index is 11.8. The fourth-order valence-corrected chi connectivity index (χ4v) is 1.85. The van der Waals surface area contributed by atoms with E-state index in [4.69, 9.17) is 17.3 Å². The van der Waals surface area contributed by atoms with Crippen molar-refractivity contribution in [1.29, 1.82) is 0 Å². The van der Waals surface area contributed by atoms with Gasteiger partial charge in [-0.15, -0.1) is 0 Å². The highest BCUT2D eigenvalue weighted by molar-refractivity contribution is 6.33. The SMILES string of the molecule is Nc1cnn(CC(=O)Nc2nc(Cl)c3[nH]cnc3n2)c1. The number of nitrogen functional groups attached to an aromatic ring is 1. The summed E-state index contributed by atoms with van der Waals surface area (Å²) in [6.07, 6.45) is 4.45. The van der Waals surface area contributed by atoms with Crippen LogP contribution >= 0.6 is 11.6 Å². The molecule has 10 heteroatoms. The van der Waals surface area contributed by atoms with Crippen LogP contribution in [0.1, 0.15) is 0 Å². The van der Waals surface area contributed by atoms with Crippen LogP contribution in [0, 0.1) is 0 Å². The van der Waals surface area contributed by atoms with Gasteiger partial charge in [0.2, 0.25) is 11.9 Å². The van der Waals surface area contributed by atoms with Gasteiger partial charge in [0.1, 0.15) is 12.1 Å². The number of aromatic nitrogens is 6. The third kappa shape index (κ3) is 2.38. The van der Waals surface area contributed by atoms with Crippen molar-refractivity contribution in [2.75, 3.05) is 11.1 Å². The van der Waals surface area contributed by atoms with Crippen molar-refractivity contribution in [2.45, 2.75) is 6.54 Å². The second kappa shape index (κ2) is 4.78. The Balaban J connectivity index is 1.77. The molecule has 0 unspecified atom stereocenters. The summed E-state index contributed by atoms with van der Waals surface area (Å²) in [6, 6.07) is 0. The lowest BCUT2D eigenvalue weighted by molar-refractivity contribution is -0.116. The molecule has 0 radical (unpaired) electrons. The van der Waals surface area contributed by atoms with Crippen molar-refractivity contribution >= 4 is 40.3 Å².